The van der Waals surface area contributed by atoms with Crippen LogP contribution in [0.25, 0.3) is 0 Å². The highest BCUT2D eigenvalue weighted by Gasteiger charge is 2.11. The second kappa shape index (κ2) is 7.47. The maximum absolute atomic E-state index is 6.04. The molecule has 0 atom stereocenters. The average Bonchev–Trinajstić information content (AvgIpc) is 3.00. The van der Waals surface area contributed by atoms with Gasteiger partial charge in [0.15, 0.2) is 5.82 Å². The molecule has 0 aliphatic rings. The highest BCUT2D eigenvalue weighted by atomic mass is 16.5. The van der Waals surface area contributed by atoms with Crippen LogP contribution in [0, 0.1) is 0 Å². The zero-order valence-electron chi connectivity index (χ0n) is 12.5. The summed E-state index contributed by atoms with van der Waals surface area (Å²) in [6.07, 6.45) is 7.22. The fourth-order valence-electron chi connectivity index (χ4n) is 1.92. The van der Waals surface area contributed by atoms with Crippen LogP contribution in [0.15, 0.2) is 18.7 Å². The average molecular weight is 290 g/mol. The lowest BCUT2D eigenvalue weighted by Crippen LogP contribution is -2.12. The molecular formula is C14H22N6O. The Labute approximate surface area is 124 Å². The largest absolute Gasteiger partial charge is 0.476 e. The van der Waals surface area contributed by atoms with Gasteiger partial charge >= 0.3 is 0 Å². The second-order valence-electron chi connectivity index (χ2n) is 4.57. The third kappa shape index (κ3) is 4.08. The first-order valence-corrected chi connectivity index (χ1v) is 7.23. The van der Waals surface area contributed by atoms with Crippen LogP contribution in [-0.2, 0) is 13.0 Å². The molecule has 0 amide bonds. The molecule has 0 aliphatic carbocycles. The van der Waals surface area contributed by atoms with E-state index < -0.39 is 0 Å². The Bertz CT molecular complexity index is 555. The molecule has 0 fully saturated rings. The Morgan fingerprint density at radius 2 is 2.19 bits per heavy atom. The van der Waals surface area contributed by atoms with Gasteiger partial charge in [-0.05, 0) is 13.3 Å². The minimum atomic E-state index is 0.460. The Morgan fingerprint density at radius 1 is 1.33 bits per heavy atom. The van der Waals surface area contributed by atoms with E-state index in [-0.39, 0.29) is 0 Å². The number of aromatic nitrogens is 4. The minimum Gasteiger partial charge on any atom is -0.476 e. The summed E-state index contributed by atoms with van der Waals surface area (Å²) in [7, 11) is 0. The molecule has 2 aromatic rings. The van der Waals surface area contributed by atoms with Gasteiger partial charge in [-0.1, -0.05) is 6.92 Å². The number of aryl methyl sites for hydroxylation is 2. The number of anilines is 2. The SMILES string of the molecule is CCOc1nc(CC)nc(NCCCn2ccnc2)c1N. The third-order valence-corrected chi connectivity index (χ3v) is 3.00. The minimum absolute atomic E-state index is 0.460. The van der Waals surface area contributed by atoms with Crippen LogP contribution in [0.5, 0.6) is 5.88 Å². The second-order valence-corrected chi connectivity index (χ2v) is 4.57. The van der Waals surface area contributed by atoms with Crippen LogP contribution in [0.3, 0.4) is 0 Å². The molecule has 3 N–H and O–H groups in total. The van der Waals surface area contributed by atoms with Crippen LogP contribution in [0.2, 0.25) is 0 Å². The van der Waals surface area contributed by atoms with Gasteiger partial charge < -0.3 is 20.4 Å². The highest BCUT2D eigenvalue weighted by Crippen LogP contribution is 2.26. The molecule has 0 spiro atoms. The Hall–Kier alpha value is -2.31. The highest BCUT2D eigenvalue weighted by molar-refractivity contribution is 5.66. The Morgan fingerprint density at radius 3 is 2.86 bits per heavy atom. The molecule has 0 aromatic carbocycles. The summed E-state index contributed by atoms with van der Waals surface area (Å²) in [5, 5.41) is 3.26. The smallest absolute Gasteiger partial charge is 0.242 e. The molecule has 0 bridgehead atoms. The summed E-state index contributed by atoms with van der Waals surface area (Å²) < 4.78 is 7.49. The van der Waals surface area contributed by atoms with Gasteiger partial charge in [-0.25, -0.2) is 9.97 Å². The van der Waals surface area contributed by atoms with Crippen molar-refractivity contribution in [1.29, 1.82) is 0 Å². The van der Waals surface area contributed by atoms with E-state index in [0.29, 0.717) is 24.0 Å². The molecule has 21 heavy (non-hydrogen) atoms. The van der Waals surface area contributed by atoms with Gasteiger partial charge in [-0.15, -0.1) is 0 Å². The van der Waals surface area contributed by atoms with E-state index >= 15 is 0 Å². The number of nitrogen functional groups attached to an aromatic ring is 1. The zero-order chi connectivity index (χ0) is 15.1. The number of hydrogen-bond acceptors (Lipinski definition) is 6. The van der Waals surface area contributed by atoms with Crippen LogP contribution in [-0.4, -0.2) is 32.7 Å². The van der Waals surface area contributed by atoms with Crippen LogP contribution in [0.1, 0.15) is 26.1 Å². The number of hydrogen-bond donors (Lipinski definition) is 2. The molecule has 7 heteroatoms. The standard InChI is InChI=1S/C14H22N6O/c1-3-11-18-13(12(15)14(19-11)21-4-2)17-6-5-8-20-9-7-16-10-20/h7,9-10H,3-6,8,15H2,1-2H3,(H,17,18,19). The van der Waals surface area contributed by atoms with E-state index in [1.807, 2.05) is 24.6 Å². The van der Waals surface area contributed by atoms with Crippen molar-refractivity contribution in [3.05, 3.63) is 24.5 Å². The maximum Gasteiger partial charge on any atom is 0.242 e. The van der Waals surface area contributed by atoms with Crippen molar-refractivity contribution in [1.82, 2.24) is 19.5 Å². The van der Waals surface area contributed by atoms with E-state index in [0.717, 1.165) is 31.8 Å². The first-order valence-electron chi connectivity index (χ1n) is 7.23. The van der Waals surface area contributed by atoms with Gasteiger partial charge in [-0.2, -0.15) is 4.98 Å². The summed E-state index contributed by atoms with van der Waals surface area (Å²) >= 11 is 0. The lowest BCUT2D eigenvalue weighted by molar-refractivity contribution is 0.327. The molecule has 2 aromatic heterocycles. The van der Waals surface area contributed by atoms with E-state index in [1.165, 1.54) is 0 Å². The molecule has 0 aliphatic heterocycles. The fourth-order valence-corrected chi connectivity index (χ4v) is 1.92. The molecular weight excluding hydrogens is 268 g/mol. The number of ether oxygens (including phenoxy) is 1. The number of nitrogens with zero attached hydrogens (tertiary/aromatic N) is 4. The summed E-state index contributed by atoms with van der Waals surface area (Å²) in [6.45, 7) is 6.12. The lowest BCUT2D eigenvalue weighted by atomic mass is 10.3. The van der Waals surface area contributed by atoms with Gasteiger partial charge in [-0.3, -0.25) is 0 Å². The Balaban J connectivity index is 1.96. The number of rotatable bonds is 8. The van der Waals surface area contributed by atoms with Crippen molar-refractivity contribution in [2.24, 2.45) is 0 Å². The van der Waals surface area contributed by atoms with Gasteiger partial charge in [0.05, 0.1) is 12.9 Å². The van der Waals surface area contributed by atoms with E-state index in [9.17, 15) is 0 Å². The third-order valence-electron chi connectivity index (χ3n) is 3.00. The quantitative estimate of drug-likeness (QED) is 0.719. The molecule has 0 saturated heterocycles. The van der Waals surface area contributed by atoms with Crippen molar-refractivity contribution < 1.29 is 4.74 Å². The molecule has 0 saturated carbocycles. The summed E-state index contributed by atoms with van der Waals surface area (Å²) in [6, 6.07) is 0. The van der Waals surface area contributed by atoms with E-state index in [1.54, 1.807) is 12.5 Å². The number of nitrogens with one attached hydrogen (secondary N) is 1. The van der Waals surface area contributed by atoms with E-state index in [2.05, 4.69) is 20.3 Å². The summed E-state index contributed by atoms with van der Waals surface area (Å²) in [5.41, 5.74) is 6.51. The van der Waals surface area contributed by atoms with Crippen LogP contribution < -0.4 is 15.8 Å². The van der Waals surface area contributed by atoms with E-state index in [4.69, 9.17) is 10.5 Å². The van der Waals surface area contributed by atoms with Crippen molar-refractivity contribution in [3.63, 3.8) is 0 Å². The fraction of sp³-hybridized carbons (Fsp3) is 0.500. The zero-order valence-corrected chi connectivity index (χ0v) is 12.5. The van der Waals surface area contributed by atoms with Crippen molar-refractivity contribution >= 4 is 11.5 Å². The molecule has 2 rings (SSSR count). The predicted molar refractivity (Wildman–Crippen MR) is 82.3 cm³/mol. The number of imidazole rings is 1. The van der Waals surface area contributed by atoms with Crippen molar-refractivity contribution in [3.8, 4) is 5.88 Å². The molecule has 0 unspecified atom stereocenters. The normalized spacial score (nSPS) is 10.6. The molecule has 114 valence electrons. The molecule has 0 radical (unpaired) electrons. The van der Waals surface area contributed by atoms with Crippen LogP contribution in [0.4, 0.5) is 11.5 Å². The maximum atomic E-state index is 6.04. The predicted octanol–water partition coefficient (Wildman–Crippen LogP) is 1.72. The number of nitrogens with two attached hydrogens (primary N) is 1. The van der Waals surface area contributed by atoms with Gasteiger partial charge in [0, 0.05) is 31.9 Å². The monoisotopic (exact) mass is 290 g/mol. The van der Waals surface area contributed by atoms with Gasteiger partial charge in [0.25, 0.3) is 0 Å². The summed E-state index contributed by atoms with van der Waals surface area (Å²) in [4.78, 5) is 12.7. The lowest BCUT2D eigenvalue weighted by Gasteiger charge is -2.13. The molecule has 2 heterocycles. The first-order chi connectivity index (χ1) is 10.2. The van der Waals surface area contributed by atoms with Crippen LogP contribution >= 0.6 is 0 Å². The topological polar surface area (TPSA) is 90.9 Å². The van der Waals surface area contributed by atoms with Crippen molar-refractivity contribution in [2.75, 3.05) is 24.2 Å². The first kappa shape index (κ1) is 15.1. The summed E-state index contributed by atoms with van der Waals surface area (Å²) in [5.74, 6) is 1.84. The van der Waals surface area contributed by atoms with Crippen molar-refractivity contribution in [2.45, 2.75) is 33.2 Å². The molecule has 7 nitrogen and oxygen atoms in total. The van der Waals surface area contributed by atoms with Gasteiger partial charge in [0.1, 0.15) is 11.5 Å². The van der Waals surface area contributed by atoms with Gasteiger partial charge in [0.2, 0.25) is 5.88 Å². The Kier molecular flexibility index (Phi) is 5.36.